The molecule has 1 aromatic rings. The molecule has 1 unspecified atom stereocenters. The van der Waals surface area contributed by atoms with Crippen LogP contribution in [-0.4, -0.2) is 21.4 Å². The van der Waals surface area contributed by atoms with Gasteiger partial charge in [-0.05, 0) is 39.3 Å². The summed E-state index contributed by atoms with van der Waals surface area (Å²) in [7, 11) is 0. The predicted molar refractivity (Wildman–Crippen MR) is 77.8 cm³/mol. The molecule has 0 fully saturated rings. The summed E-state index contributed by atoms with van der Waals surface area (Å²) in [4.78, 5) is 0. The maximum Gasteiger partial charge on any atom is 0.573 e. The smallest absolute Gasteiger partial charge is 0.573 e. The van der Waals surface area contributed by atoms with Crippen LogP contribution in [0.3, 0.4) is 0 Å². The number of ether oxygens (including phenoxy) is 1. The maximum absolute atomic E-state index is 12.2. The van der Waals surface area contributed by atoms with E-state index in [1.807, 2.05) is 0 Å². The van der Waals surface area contributed by atoms with Gasteiger partial charge in [0.15, 0.2) is 0 Å². The Hall–Kier alpha value is -1.21. The van der Waals surface area contributed by atoms with Gasteiger partial charge in [0, 0.05) is 5.56 Å². The van der Waals surface area contributed by atoms with Crippen molar-refractivity contribution in [2.24, 2.45) is 4.40 Å². The van der Waals surface area contributed by atoms with E-state index in [-0.39, 0.29) is 5.75 Å². The minimum Gasteiger partial charge on any atom is -0.591 e. The molecule has 1 atom stereocenters. The Morgan fingerprint density at radius 1 is 1.29 bits per heavy atom. The van der Waals surface area contributed by atoms with Crippen LogP contribution in [0.25, 0.3) is 0 Å². The molecule has 1 rings (SSSR count). The summed E-state index contributed by atoms with van der Waals surface area (Å²) >= 11 is -1.47. The van der Waals surface area contributed by atoms with Gasteiger partial charge in [-0.15, -0.1) is 13.2 Å². The highest BCUT2D eigenvalue weighted by Gasteiger charge is 2.31. The normalized spacial score (nSPS) is 15.0. The van der Waals surface area contributed by atoms with Crippen molar-refractivity contribution in [2.75, 3.05) is 0 Å². The van der Waals surface area contributed by atoms with Crippen LogP contribution in [0.2, 0.25) is 0 Å². The van der Waals surface area contributed by atoms with E-state index in [0.717, 1.165) is 0 Å². The molecule has 0 saturated heterocycles. The molecule has 0 amide bonds. The Bertz CT molecular complexity index is 510. The van der Waals surface area contributed by atoms with Crippen molar-refractivity contribution in [3.8, 4) is 5.75 Å². The summed E-state index contributed by atoms with van der Waals surface area (Å²) in [6.45, 7) is 7.14. The first-order valence-corrected chi connectivity index (χ1v) is 7.49. The topological polar surface area (TPSA) is 44.7 Å². The summed E-state index contributed by atoms with van der Waals surface area (Å²) in [5.74, 6) is -0.317. The fourth-order valence-corrected chi connectivity index (χ4v) is 2.14. The molecule has 1 aromatic carbocycles. The average molecular weight is 321 g/mol. The maximum atomic E-state index is 12.2. The first-order chi connectivity index (χ1) is 9.53. The second kappa shape index (κ2) is 6.70. The van der Waals surface area contributed by atoms with Crippen LogP contribution in [-0.2, 0) is 11.4 Å². The fourth-order valence-electron chi connectivity index (χ4n) is 1.43. The van der Waals surface area contributed by atoms with Gasteiger partial charge in [-0.25, -0.2) is 0 Å². The van der Waals surface area contributed by atoms with Crippen molar-refractivity contribution in [1.82, 2.24) is 0 Å². The minimum atomic E-state index is -4.74. The minimum absolute atomic E-state index is 0.317. The molecule has 0 aliphatic rings. The average Bonchev–Trinajstić information content (AvgIpc) is 2.32. The molecule has 118 valence electrons. The van der Waals surface area contributed by atoms with Crippen LogP contribution in [0.1, 0.15) is 39.7 Å². The molecule has 21 heavy (non-hydrogen) atoms. The summed E-state index contributed by atoms with van der Waals surface area (Å²) < 4.78 is 56.2. The van der Waals surface area contributed by atoms with Crippen LogP contribution < -0.4 is 4.74 Å². The van der Waals surface area contributed by atoms with Gasteiger partial charge in [0.25, 0.3) is 0 Å². The lowest BCUT2D eigenvalue weighted by molar-refractivity contribution is -0.274. The SMILES string of the molecule is CCC(=N[S+]([O-])C(C)(C)C)c1cccc(OC(F)(F)F)c1. The lowest BCUT2D eigenvalue weighted by Gasteiger charge is -2.19. The van der Waals surface area contributed by atoms with Crippen LogP contribution in [0.15, 0.2) is 28.7 Å². The highest BCUT2D eigenvalue weighted by molar-refractivity contribution is 7.91. The largest absolute Gasteiger partial charge is 0.591 e. The molecule has 7 heteroatoms. The van der Waals surface area contributed by atoms with E-state index >= 15 is 0 Å². The molecule has 0 spiro atoms. The first kappa shape index (κ1) is 17.8. The number of rotatable bonds is 4. The van der Waals surface area contributed by atoms with E-state index < -0.39 is 22.5 Å². The Kier molecular flexibility index (Phi) is 5.69. The number of halogens is 3. The zero-order valence-corrected chi connectivity index (χ0v) is 13.1. The van der Waals surface area contributed by atoms with Crippen molar-refractivity contribution in [2.45, 2.75) is 45.2 Å². The van der Waals surface area contributed by atoms with Crippen molar-refractivity contribution < 1.29 is 22.5 Å². The predicted octanol–water partition coefficient (Wildman–Crippen LogP) is 4.25. The molecule has 0 radical (unpaired) electrons. The van der Waals surface area contributed by atoms with E-state index in [4.69, 9.17) is 0 Å². The van der Waals surface area contributed by atoms with E-state index in [0.29, 0.717) is 17.7 Å². The molecule has 0 aliphatic carbocycles. The van der Waals surface area contributed by atoms with Crippen LogP contribution in [0, 0.1) is 0 Å². The Morgan fingerprint density at radius 2 is 1.90 bits per heavy atom. The lowest BCUT2D eigenvalue weighted by Crippen LogP contribution is -2.27. The third-order valence-corrected chi connectivity index (χ3v) is 3.89. The summed E-state index contributed by atoms with van der Waals surface area (Å²) in [6.07, 6.45) is -4.28. The number of alkyl halides is 3. The van der Waals surface area contributed by atoms with E-state index in [9.17, 15) is 17.7 Å². The zero-order chi connectivity index (χ0) is 16.3. The van der Waals surface area contributed by atoms with Gasteiger partial charge in [-0.3, -0.25) is 0 Å². The zero-order valence-electron chi connectivity index (χ0n) is 12.3. The highest BCUT2D eigenvalue weighted by atomic mass is 32.2. The monoisotopic (exact) mass is 321 g/mol. The van der Waals surface area contributed by atoms with E-state index in [1.165, 1.54) is 18.2 Å². The van der Waals surface area contributed by atoms with Crippen LogP contribution >= 0.6 is 0 Å². The quantitative estimate of drug-likeness (QED) is 0.615. The molecule has 0 heterocycles. The first-order valence-electron chi connectivity index (χ1n) is 6.38. The molecule has 0 N–H and O–H groups in total. The molecular weight excluding hydrogens is 303 g/mol. The summed E-state index contributed by atoms with van der Waals surface area (Å²) in [6, 6.07) is 5.52. The summed E-state index contributed by atoms with van der Waals surface area (Å²) in [5.41, 5.74) is 0.952. The van der Waals surface area contributed by atoms with Gasteiger partial charge in [-0.1, -0.05) is 23.5 Å². The van der Waals surface area contributed by atoms with Gasteiger partial charge in [0.05, 0.1) is 5.71 Å². The number of benzene rings is 1. The van der Waals surface area contributed by atoms with E-state index in [2.05, 4.69) is 9.13 Å². The molecular formula is C14H18F3NO2S. The third kappa shape index (κ3) is 5.97. The second-order valence-electron chi connectivity index (χ2n) is 5.33. The van der Waals surface area contributed by atoms with Crippen molar-refractivity contribution in [3.63, 3.8) is 0 Å². The Labute approximate surface area is 125 Å². The number of hydrogen-bond donors (Lipinski definition) is 0. The summed E-state index contributed by atoms with van der Waals surface area (Å²) in [5, 5.41) is 0. The van der Waals surface area contributed by atoms with Crippen LogP contribution in [0.4, 0.5) is 13.2 Å². The standard InChI is InChI=1S/C14H18F3NO2S/c1-5-12(18-21(19)13(2,3)4)10-7-6-8-11(9-10)20-14(15,16)17/h6-9H,5H2,1-4H3. The lowest BCUT2D eigenvalue weighted by atomic mass is 10.1. The molecule has 0 aliphatic heterocycles. The number of hydrogen-bond acceptors (Lipinski definition) is 3. The Morgan fingerprint density at radius 3 is 2.38 bits per heavy atom. The Balaban J connectivity index is 3.07. The van der Waals surface area contributed by atoms with Crippen molar-refractivity contribution in [1.29, 1.82) is 0 Å². The molecule has 0 bridgehead atoms. The van der Waals surface area contributed by atoms with Crippen molar-refractivity contribution >= 4 is 17.1 Å². The van der Waals surface area contributed by atoms with Crippen molar-refractivity contribution in [3.05, 3.63) is 29.8 Å². The van der Waals surface area contributed by atoms with Gasteiger partial charge >= 0.3 is 6.36 Å². The molecule has 0 saturated carbocycles. The number of nitrogens with zero attached hydrogens (tertiary/aromatic N) is 1. The second-order valence-corrected chi connectivity index (χ2v) is 7.23. The van der Waals surface area contributed by atoms with E-state index in [1.54, 1.807) is 33.8 Å². The van der Waals surface area contributed by atoms with Gasteiger partial charge in [-0.2, -0.15) is 0 Å². The third-order valence-electron chi connectivity index (χ3n) is 2.45. The highest BCUT2D eigenvalue weighted by Crippen LogP contribution is 2.25. The van der Waals surface area contributed by atoms with Gasteiger partial charge in [0.2, 0.25) is 0 Å². The molecule has 0 aromatic heterocycles. The van der Waals surface area contributed by atoms with Gasteiger partial charge < -0.3 is 9.29 Å². The van der Waals surface area contributed by atoms with Crippen LogP contribution in [0.5, 0.6) is 5.75 Å². The molecule has 3 nitrogen and oxygen atoms in total. The van der Waals surface area contributed by atoms with Gasteiger partial charge in [0.1, 0.15) is 21.9 Å². The fraction of sp³-hybridized carbons (Fsp3) is 0.500.